The van der Waals surface area contributed by atoms with E-state index >= 15 is 0 Å². The first-order valence-electron chi connectivity index (χ1n) is 5.26. The van der Waals surface area contributed by atoms with Gasteiger partial charge in [-0.1, -0.05) is 41.5 Å². The molecule has 1 heterocycles. The quantitative estimate of drug-likeness (QED) is 0.559. The predicted octanol–water partition coefficient (Wildman–Crippen LogP) is 3.01. The predicted molar refractivity (Wildman–Crippen MR) is 56.9 cm³/mol. The number of carbonyl (C=O) groups excluding carboxylic acids is 1. The summed E-state index contributed by atoms with van der Waals surface area (Å²) in [6, 6.07) is 0. The average molecular weight is 198 g/mol. The first-order valence-corrected chi connectivity index (χ1v) is 5.26. The molecule has 2 nitrogen and oxygen atoms in total. The zero-order chi connectivity index (χ0) is 11.2. The molecule has 0 atom stereocenters. The zero-order valence-corrected chi connectivity index (χ0v) is 10.2. The van der Waals surface area contributed by atoms with Crippen molar-refractivity contribution in [1.82, 2.24) is 0 Å². The summed E-state index contributed by atoms with van der Waals surface area (Å²) >= 11 is 0. The molecule has 1 aliphatic rings. The van der Waals surface area contributed by atoms with Crippen LogP contribution in [0.5, 0.6) is 0 Å². The van der Waals surface area contributed by atoms with Gasteiger partial charge < -0.3 is 4.74 Å². The topological polar surface area (TPSA) is 26.3 Å². The van der Waals surface area contributed by atoms with Crippen LogP contribution in [0, 0.1) is 16.2 Å². The molecule has 0 amide bonds. The molecule has 1 fully saturated rings. The van der Waals surface area contributed by atoms with Gasteiger partial charge in [-0.15, -0.1) is 0 Å². The lowest BCUT2D eigenvalue weighted by molar-refractivity contribution is -0.137. The van der Waals surface area contributed by atoms with E-state index in [0.717, 1.165) is 0 Å². The fourth-order valence-corrected chi connectivity index (χ4v) is 2.64. The van der Waals surface area contributed by atoms with E-state index in [1.54, 1.807) is 0 Å². The lowest BCUT2D eigenvalue weighted by Crippen LogP contribution is -2.46. The summed E-state index contributed by atoms with van der Waals surface area (Å²) in [6.07, 6.45) is 0.556. The second-order valence-corrected chi connectivity index (χ2v) is 6.42. The molecular formula is C12H22O2. The molecule has 0 aliphatic carbocycles. The molecule has 82 valence electrons. The highest BCUT2D eigenvalue weighted by Gasteiger charge is 2.55. The van der Waals surface area contributed by atoms with Gasteiger partial charge in [0.05, 0.1) is 13.0 Å². The summed E-state index contributed by atoms with van der Waals surface area (Å²) in [5.74, 6) is -0.0464. The number of hydrogen-bond donors (Lipinski definition) is 0. The Kier molecular flexibility index (Phi) is 2.46. The Bertz CT molecular complexity index is 226. The van der Waals surface area contributed by atoms with Gasteiger partial charge in [0.25, 0.3) is 0 Å². The number of esters is 1. The van der Waals surface area contributed by atoms with Gasteiger partial charge in [0.1, 0.15) is 0 Å². The Morgan fingerprint density at radius 1 is 1.07 bits per heavy atom. The summed E-state index contributed by atoms with van der Waals surface area (Å²) in [5.41, 5.74) is 0.159. The Labute approximate surface area is 87.0 Å². The van der Waals surface area contributed by atoms with Crippen molar-refractivity contribution in [2.24, 2.45) is 16.2 Å². The summed E-state index contributed by atoms with van der Waals surface area (Å²) in [7, 11) is 0. The summed E-state index contributed by atoms with van der Waals surface area (Å²) in [6.45, 7) is 13.7. The molecule has 2 heteroatoms. The molecule has 0 aromatic carbocycles. The molecule has 1 aliphatic heterocycles. The average Bonchev–Trinajstić information content (AvgIpc) is 2.28. The smallest absolute Gasteiger partial charge is 0.306 e. The molecule has 0 aromatic rings. The highest BCUT2D eigenvalue weighted by molar-refractivity contribution is 5.73. The highest BCUT2D eigenvalue weighted by atomic mass is 16.5. The van der Waals surface area contributed by atoms with E-state index < -0.39 is 0 Å². The van der Waals surface area contributed by atoms with E-state index in [4.69, 9.17) is 4.74 Å². The van der Waals surface area contributed by atoms with Crippen molar-refractivity contribution in [1.29, 1.82) is 0 Å². The first kappa shape index (κ1) is 11.5. The summed E-state index contributed by atoms with van der Waals surface area (Å²) in [4.78, 5) is 11.3. The van der Waals surface area contributed by atoms with Crippen molar-refractivity contribution in [3.05, 3.63) is 0 Å². The second kappa shape index (κ2) is 2.98. The van der Waals surface area contributed by atoms with Crippen LogP contribution in [-0.2, 0) is 9.53 Å². The summed E-state index contributed by atoms with van der Waals surface area (Å²) in [5, 5.41) is 0. The fourth-order valence-electron chi connectivity index (χ4n) is 2.64. The highest BCUT2D eigenvalue weighted by Crippen LogP contribution is 2.56. The molecule has 1 rings (SSSR count). The number of hydrogen-bond acceptors (Lipinski definition) is 2. The van der Waals surface area contributed by atoms with Crippen LogP contribution < -0.4 is 0 Å². The van der Waals surface area contributed by atoms with Gasteiger partial charge in [-0.2, -0.15) is 0 Å². The van der Waals surface area contributed by atoms with Crippen LogP contribution in [0.1, 0.15) is 48.0 Å². The van der Waals surface area contributed by atoms with E-state index in [1.807, 2.05) is 0 Å². The Morgan fingerprint density at radius 3 is 1.64 bits per heavy atom. The zero-order valence-electron chi connectivity index (χ0n) is 10.2. The molecule has 0 unspecified atom stereocenters. The molecule has 0 radical (unpaired) electrons. The minimum Gasteiger partial charge on any atom is -0.465 e. The minimum atomic E-state index is -0.0464. The van der Waals surface area contributed by atoms with Crippen LogP contribution in [0.2, 0.25) is 0 Å². The van der Waals surface area contributed by atoms with Gasteiger partial charge >= 0.3 is 5.97 Å². The van der Waals surface area contributed by atoms with Crippen molar-refractivity contribution in [2.45, 2.75) is 48.0 Å². The SMILES string of the molecule is CC(C)(C)C1(C(C)(C)C)COC(=O)C1. The molecule has 1 saturated heterocycles. The maximum absolute atomic E-state index is 11.3. The van der Waals surface area contributed by atoms with Crippen molar-refractivity contribution < 1.29 is 9.53 Å². The lowest BCUT2D eigenvalue weighted by Gasteiger charge is -2.49. The van der Waals surface area contributed by atoms with E-state index in [2.05, 4.69) is 41.5 Å². The van der Waals surface area contributed by atoms with Gasteiger partial charge in [-0.25, -0.2) is 0 Å². The third kappa shape index (κ3) is 1.55. The maximum atomic E-state index is 11.3. The van der Waals surface area contributed by atoms with Crippen LogP contribution in [-0.4, -0.2) is 12.6 Å². The van der Waals surface area contributed by atoms with Gasteiger partial charge in [0.2, 0.25) is 0 Å². The van der Waals surface area contributed by atoms with E-state index in [0.29, 0.717) is 13.0 Å². The number of ether oxygens (including phenoxy) is 1. The molecule has 0 bridgehead atoms. The van der Waals surface area contributed by atoms with Gasteiger partial charge in [0.15, 0.2) is 0 Å². The van der Waals surface area contributed by atoms with Crippen molar-refractivity contribution in [2.75, 3.05) is 6.61 Å². The Hall–Kier alpha value is -0.530. The number of carbonyl (C=O) groups is 1. The molecular weight excluding hydrogens is 176 g/mol. The third-order valence-electron chi connectivity index (χ3n) is 3.80. The molecule has 0 spiro atoms. The van der Waals surface area contributed by atoms with Gasteiger partial charge in [-0.3, -0.25) is 4.79 Å². The monoisotopic (exact) mass is 198 g/mol. The standard InChI is InChI=1S/C12H22O2/c1-10(2,3)12(11(4,5)6)7-9(13)14-8-12/h7-8H2,1-6H3. The van der Waals surface area contributed by atoms with E-state index in [9.17, 15) is 4.79 Å². The van der Waals surface area contributed by atoms with Crippen molar-refractivity contribution in [3.63, 3.8) is 0 Å². The van der Waals surface area contributed by atoms with Gasteiger partial charge in [0, 0.05) is 5.41 Å². The normalized spacial score (nSPS) is 22.3. The molecule has 0 N–H and O–H groups in total. The summed E-state index contributed by atoms with van der Waals surface area (Å²) < 4.78 is 5.18. The van der Waals surface area contributed by atoms with Crippen LogP contribution in [0.25, 0.3) is 0 Å². The van der Waals surface area contributed by atoms with Crippen molar-refractivity contribution >= 4 is 5.97 Å². The van der Waals surface area contributed by atoms with Crippen LogP contribution in [0.4, 0.5) is 0 Å². The van der Waals surface area contributed by atoms with Crippen molar-refractivity contribution in [3.8, 4) is 0 Å². The van der Waals surface area contributed by atoms with Gasteiger partial charge in [-0.05, 0) is 10.8 Å². The van der Waals surface area contributed by atoms with Crippen LogP contribution in [0.15, 0.2) is 0 Å². The third-order valence-corrected chi connectivity index (χ3v) is 3.80. The fraction of sp³-hybridized carbons (Fsp3) is 0.917. The minimum absolute atomic E-state index is 0.0307. The van der Waals surface area contributed by atoms with E-state index in [-0.39, 0.29) is 22.2 Å². The second-order valence-electron chi connectivity index (χ2n) is 6.42. The van der Waals surface area contributed by atoms with E-state index in [1.165, 1.54) is 0 Å². The lowest BCUT2D eigenvalue weighted by atomic mass is 9.54. The molecule has 14 heavy (non-hydrogen) atoms. The maximum Gasteiger partial charge on any atom is 0.306 e. The van der Waals surface area contributed by atoms with Crippen LogP contribution in [0.3, 0.4) is 0 Å². The largest absolute Gasteiger partial charge is 0.465 e. The van der Waals surface area contributed by atoms with Crippen LogP contribution >= 0.6 is 0 Å². The number of rotatable bonds is 0. The first-order chi connectivity index (χ1) is 6.10. The Balaban J connectivity index is 3.12. The molecule has 0 saturated carbocycles. The molecule has 0 aromatic heterocycles. The Morgan fingerprint density at radius 2 is 1.50 bits per heavy atom. The number of cyclic esters (lactones) is 1.